The van der Waals surface area contributed by atoms with E-state index in [-0.39, 0.29) is 5.97 Å². The molecule has 0 aliphatic heterocycles. The summed E-state index contributed by atoms with van der Waals surface area (Å²) in [5.74, 6) is -0.269. The Morgan fingerprint density at radius 3 is 2.43 bits per heavy atom. The number of hydrogen-bond acceptors (Lipinski definition) is 4. The fourth-order valence-corrected chi connectivity index (χ4v) is 1.24. The number of carbonyl (C=O) groups excluding carboxylic acids is 1. The molecule has 0 saturated heterocycles. The Labute approximate surface area is 98.4 Å². The lowest BCUT2D eigenvalue weighted by Crippen LogP contribution is -2.35. The molecule has 0 N–H and O–H groups in total. The molecule has 1 atom stereocenters. The first kappa shape index (κ1) is 14.1. The van der Waals surface area contributed by atoms with E-state index >= 15 is 0 Å². The Bertz CT molecular complexity index is 170. The van der Waals surface area contributed by atoms with E-state index in [1.165, 1.54) is 7.11 Å². The van der Waals surface area contributed by atoms with Crippen molar-refractivity contribution in [3.05, 3.63) is 0 Å². The van der Waals surface area contributed by atoms with E-state index in [4.69, 9.17) is 9.47 Å². The van der Waals surface area contributed by atoms with Gasteiger partial charge in [0.15, 0.2) is 0 Å². The zero-order chi connectivity index (χ0) is 11.0. The van der Waals surface area contributed by atoms with E-state index in [9.17, 15) is 4.79 Å². The first-order chi connectivity index (χ1) is 6.54. The highest BCUT2D eigenvalue weighted by molar-refractivity contribution is 14.1. The number of esters is 1. The second-order valence-corrected chi connectivity index (χ2v) is 5.32. The topological polar surface area (TPSA) is 44.8 Å². The molecule has 0 heterocycles. The van der Waals surface area contributed by atoms with Crippen LogP contribution >= 0.6 is 22.6 Å². The van der Waals surface area contributed by atoms with Crippen LogP contribution in [0.25, 0.3) is 0 Å². The summed E-state index contributed by atoms with van der Waals surface area (Å²) in [6.45, 7) is 5.79. The quantitative estimate of drug-likeness (QED) is 0.308. The molecular formula is C9H17IO4. The maximum absolute atomic E-state index is 11.2. The van der Waals surface area contributed by atoms with Gasteiger partial charge in [-0.1, -0.05) is 22.6 Å². The molecule has 0 bridgehead atoms. The van der Waals surface area contributed by atoms with Gasteiger partial charge in [0.05, 0.1) is 26.9 Å². The number of halogens is 1. The van der Waals surface area contributed by atoms with E-state index in [0.717, 1.165) is 0 Å². The molecule has 0 radical (unpaired) electrons. The lowest BCUT2D eigenvalue weighted by atomic mass is 10.2. The molecule has 0 fully saturated rings. The highest BCUT2D eigenvalue weighted by Crippen LogP contribution is 2.19. The lowest BCUT2D eigenvalue weighted by Gasteiger charge is -2.19. The zero-order valence-electron chi connectivity index (χ0n) is 8.84. The number of rotatable bonds is 7. The molecule has 84 valence electrons. The Morgan fingerprint density at radius 1 is 1.36 bits per heavy atom. The van der Waals surface area contributed by atoms with Crippen molar-refractivity contribution in [3.8, 4) is 0 Å². The molecule has 0 aromatic heterocycles. The monoisotopic (exact) mass is 316 g/mol. The van der Waals surface area contributed by atoms with Crippen LogP contribution in [0.15, 0.2) is 0 Å². The number of ether oxygens (including phenoxy) is 3. The molecule has 0 spiro atoms. The number of alkyl halides is 1. The minimum Gasteiger partial charge on any atom is -0.468 e. The third-order valence-electron chi connectivity index (χ3n) is 1.56. The summed E-state index contributed by atoms with van der Waals surface area (Å²) in [5.41, 5.74) is 0. The van der Waals surface area contributed by atoms with Crippen molar-refractivity contribution in [3.63, 3.8) is 0 Å². The normalized spacial score (nSPS) is 14.9. The van der Waals surface area contributed by atoms with Gasteiger partial charge in [-0.05, 0) is 13.8 Å². The second kappa shape index (κ2) is 7.42. The van der Waals surface area contributed by atoms with Crippen molar-refractivity contribution < 1.29 is 19.0 Å². The average Bonchev–Trinajstić information content (AvgIpc) is 2.16. The van der Waals surface area contributed by atoms with E-state index < -0.39 is 3.42 Å². The fourth-order valence-electron chi connectivity index (χ4n) is 0.798. The Balaban J connectivity index is 3.60. The zero-order valence-corrected chi connectivity index (χ0v) is 11.0. The van der Waals surface area contributed by atoms with Crippen LogP contribution in [0.5, 0.6) is 0 Å². The molecule has 1 unspecified atom stereocenters. The van der Waals surface area contributed by atoms with Crippen LogP contribution in [0.2, 0.25) is 0 Å². The molecular weight excluding hydrogens is 299 g/mol. The second-order valence-electron chi connectivity index (χ2n) is 2.94. The fraction of sp³-hybridized carbons (Fsp3) is 0.889. The smallest absolute Gasteiger partial charge is 0.323 e. The average molecular weight is 316 g/mol. The summed E-state index contributed by atoms with van der Waals surface area (Å²) in [6.07, 6.45) is 0. The van der Waals surface area contributed by atoms with Gasteiger partial charge < -0.3 is 14.2 Å². The molecule has 0 aliphatic rings. The van der Waals surface area contributed by atoms with E-state index in [1.54, 1.807) is 6.92 Å². The summed E-state index contributed by atoms with van der Waals surface area (Å²) in [5, 5.41) is 0. The van der Waals surface area contributed by atoms with Crippen molar-refractivity contribution >= 4 is 28.6 Å². The highest BCUT2D eigenvalue weighted by Gasteiger charge is 2.31. The van der Waals surface area contributed by atoms with Crippen LogP contribution in [0.1, 0.15) is 13.8 Å². The predicted octanol–water partition coefficient (Wildman–Crippen LogP) is 1.41. The van der Waals surface area contributed by atoms with Gasteiger partial charge in [0.1, 0.15) is 3.42 Å². The van der Waals surface area contributed by atoms with Gasteiger partial charge in [-0.3, -0.25) is 4.79 Å². The van der Waals surface area contributed by atoms with Crippen molar-refractivity contribution in [1.82, 2.24) is 0 Å². The summed E-state index contributed by atoms with van der Waals surface area (Å²) in [4.78, 5) is 11.2. The van der Waals surface area contributed by atoms with Crippen molar-refractivity contribution in [2.45, 2.75) is 17.3 Å². The standard InChI is InChI=1S/C9H17IO4/c1-4-13-5-6-14-7-9(2,10)8(11)12-3/h4-7H2,1-3H3. The van der Waals surface area contributed by atoms with Crippen LogP contribution in [0.4, 0.5) is 0 Å². The molecule has 0 rings (SSSR count). The van der Waals surface area contributed by atoms with E-state index in [1.807, 2.05) is 29.5 Å². The molecule has 14 heavy (non-hydrogen) atoms. The summed E-state index contributed by atoms with van der Waals surface area (Å²) in [7, 11) is 1.37. The summed E-state index contributed by atoms with van der Waals surface area (Å²) < 4.78 is 14.4. The molecule has 0 amide bonds. The minimum absolute atomic E-state index is 0.269. The van der Waals surface area contributed by atoms with Crippen LogP contribution in [-0.4, -0.2) is 42.9 Å². The molecule has 4 nitrogen and oxygen atoms in total. The van der Waals surface area contributed by atoms with Gasteiger partial charge in [-0.2, -0.15) is 0 Å². The third kappa shape index (κ3) is 5.77. The van der Waals surface area contributed by atoms with Gasteiger partial charge in [0.25, 0.3) is 0 Å². The summed E-state index contributed by atoms with van der Waals surface area (Å²) >= 11 is 2.02. The number of hydrogen-bond donors (Lipinski definition) is 0. The highest BCUT2D eigenvalue weighted by atomic mass is 127. The lowest BCUT2D eigenvalue weighted by molar-refractivity contribution is -0.144. The maximum atomic E-state index is 11.2. The first-order valence-electron chi connectivity index (χ1n) is 4.47. The van der Waals surface area contributed by atoms with Gasteiger partial charge >= 0.3 is 5.97 Å². The van der Waals surface area contributed by atoms with E-state index in [0.29, 0.717) is 26.4 Å². The number of methoxy groups -OCH3 is 1. The van der Waals surface area contributed by atoms with Crippen molar-refractivity contribution in [1.29, 1.82) is 0 Å². The molecule has 0 aromatic rings. The predicted molar refractivity (Wildman–Crippen MR) is 61.8 cm³/mol. The number of carbonyl (C=O) groups is 1. The summed E-state index contributed by atoms with van der Waals surface area (Å²) in [6, 6.07) is 0. The Morgan fingerprint density at radius 2 is 1.93 bits per heavy atom. The van der Waals surface area contributed by atoms with Crippen LogP contribution in [-0.2, 0) is 19.0 Å². The van der Waals surface area contributed by atoms with Crippen LogP contribution in [0.3, 0.4) is 0 Å². The van der Waals surface area contributed by atoms with Gasteiger partial charge in [-0.25, -0.2) is 0 Å². The first-order valence-corrected chi connectivity index (χ1v) is 5.55. The maximum Gasteiger partial charge on any atom is 0.323 e. The third-order valence-corrected chi connectivity index (χ3v) is 2.31. The Hall–Kier alpha value is 0.120. The molecule has 0 aromatic carbocycles. The van der Waals surface area contributed by atoms with Gasteiger partial charge in [-0.15, -0.1) is 0 Å². The van der Waals surface area contributed by atoms with Crippen LogP contribution < -0.4 is 0 Å². The molecule has 5 heteroatoms. The Kier molecular flexibility index (Phi) is 7.48. The minimum atomic E-state index is -0.612. The van der Waals surface area contributed by atoms with Gasteiger partial charge in [0, 0.05) is 6.61 Å². The van der Waals surface area contributed by atoms with Gasteiger partial charge in [0.2, 0.25) is 0 Å². The van der Waals surface area contributed by atoms with E-state index in [2.05, 4.69) is 4.74 Å². The largest absolute Gasteiger partial charge is 0.468 e. The van der Waals surface area contributed by atoms with Crippen molar-refractivity contribution in [2.24, 2.45) is 0 Å². The van der Waals surface area contributed by atoms with Crippen molar-refractivity contribution in [2.75, 3.05) is 33.5 Å². The SMILES string of the molecule is CCOCCOCC(C)(I)C(=O)OC. The molecule has 0 saturated carbocycles. The van der Waals surface area contributed by atoms with Crippen LogP contribution in [0, 0.1) is 0 Å². The molecule has 0 aliphatic carbocycles.